The lowest BCUT2D eigenvalue weighted by atomic mass is 9.97. The van der Waals surface area contributed by atoms with Crippen molar-refractivity contribution in [2.24, 2.45) is 18.0 Å². The number of likely N-dealkylation sites (tertiary alicyclic amines) is 1. The van der Waals surface area contributed by atoms with Crippen LogP contribution >= 0.6 is 24.0 Å². The summed E-state index contributed by atoms with van der Waals surface area (Å²) in [4.78, 5) is 19.1. The number of halogens is 1. The number of nitrogens with one attached hydrogen (secondary N) is 1. The van der Waals surface area contributed by atoms with Gasteiger partial charge in [-0.1, -0.05) is 30.3 Å². The van der Waals surface area contributed by atoms with Gasteiger partial charge in [0.25, 0.3) is 0 Å². The molecule has 0 atom stereocenters. The molecule has 3 rings (SSSR count). The summed E-state index contributed by atoms with van der Waals surface area (Å²) in [6.07, 6.45) is 1.54. The molecule has 0 bridgehead atoms. The van der Waals surface area contributed by atoms with E-state index in [9.17, 15) is 4.79 Å². The number of hydrogen-bond donors (Lipinski definition) is 1. The first-order valence-corrected chi connectivity index (χ1v) is 10.2. The monoisotopic (exact) mass is 526 g/mol. The number of aliphatic imine (C=N–C) groups is 1. The fourth-order valence-corrected chi connectivity index (χ4v) is 3.37. The number of esters is 1. The van der Waals surface area contributed by atoms with E-state index in [4.69, 9.17) is 9.73 Å². The van der Waals surface area contributed by atoms with Gasteiger partial charge in [0.05, 0.1) is 25.6 Å². The molecule has 0 saturated carbocycles. The van der Waals surface area contributed by atoms with Crippen molar-refractivity contribution in [3.63, 3.8) is 0 Å². The molecule has 0 radical (unpaired) electrons. The van der Waals surface area contributed by atoms with Crippen molar-refractivity contribution in [1.82, 2.24) is 25.0 Å². The average molecular weight is 526 g/mol. The maximum absolute atomic E-state index is 12.0. The zero-order valence-electron chi connectivity index (χ0n) is 17.9. The first-order chi connectivity index (χ1) is 14.1. The zero-order valence-corrected chi connectivity index (χ0v) is 20.2. The maximum Gasteiger partial charge on any atom is 0.309 e. The van der Waals surface area contributed by atoms with Crippen LogP contribution in [0.25, 0.3) is 0 Å². The molecule has 30 heavy (non-hydrogen) atoms. The third-order valence-electron chi connectivity index (χ3n) is 5.26. The lowest BCUT2D eigenvalue weighted by Gasteiger charge is -2.33. The van der Waals surface area contributed by atoms with Gasteiger partial charge < -0.3 is 19.5 Å². The average Bonchev–Trinajstić information content (AvgIpc) is 3.07. The molecule has 0 unspecified atom stereocenters. The van der Waals surface area contributed by atoms with Gasteiger partial charge in [-0.25, -0.2) is 4.99 Å². The molecule has 1 saturated heterocycles. The number of benzene rings is 1. The highest BCUT2D eigenvalue weighted by Gasteiger charge is 2.27. The van der Waals surface area contributed by atoms with E-state index in [0.29, 0.717) is 19.7 Å². The largest absolute Gasteiger partial charge is 0.466 e. The van der Waals surface area contributed by atoms with Gasteiger partial charge in [-0.2, -0.15) is 0 Å². The second-order valence-corrected chi connectivity index (χ2v) is 7.21. The molecule has 8 nitrogen and oxygen atoms in total. The highest BCUT2D eigenvalue weighted by Crippen LogP contribution is 2.19. The molecule has 1 aliphatic heterocycles. The van der Waals surface area contributed by atoms with Gasteiger partial charge in [0.1, 0.15) is 5.82 Å². The summed E-state index contributed by atoms with van der Waals surface area (Å²) < 4.78 is 7.15. The van der Waals surface area contributed by atoms with E-state index < -0.39 is 0 Å². The van der Waals surface area contributed by atoms with Gasteiger partial charge in [0.15, 0.2) is 11.8 Å². The molecule has 0 spiro atoms. The number of aryl methyl sites for hydroxylation is 1. The molecule has 1 N–H and O–H groups in total. The SMILES string of the molecule is CCOC(=O)C1CCN(C(=NCc2ccccc2)NCc2nnc(C)n2C)CC1.I. The second kappa shape index (κ2) is 11.9. The standard InChI is InChI=1S/C21H30N6O2.HI/c1-4-29-20(28)18-10-12-27(13-11-18)21(22-14-17-8-6-5-7-9-17)23-15-19-25-24-16(2)26(19)3;/h5-9,18H,4,10-15H2,1-3H3,(H,22,23);1H. The quantitative estimate of drug-likeness (QED) is 0.270. The Bertz CT molecular complexity index is 831. The molecular weight excluding hydrogens is 495 g/mol. The van der Waals surface area contributed by atoms with Crippen LogP contribution in [-0.2, 0) is 29.7 Å². The minimum absolute atomic E-state index is 0. The number of carbonyl (C=O) groups is 1. The Morgan fingerprint density at radius 1 is 1.23 bits per heavy atom. The first-order valence-electron chi connectivity index (χ1n) is 10.2. The molecule has 1 fully saturated rings. The summed E-state index contributed by atoms with van der Waals surface area (Å²) >= 11 is 0. The Kier molecular flexibility index (Phi) is 9.54. The number of piperidine rings is 1. The lowest BCUT2D eigenvalue weighted by Crippen LogP contribution is -2.46. The van der Waals surface area contributed by atoms with Crippen LogP contribution in [0.15, 0.2) is 35.3 Å². The Labute approximate surface area is 195 Å². The van der Waals surface area contributed by atoms with Crippen LogP contribution in [0.4, 0.5) is 0 Å². The summed E-state index contributed by atoms with van der Waals surface area (Å²) in [7, 11) is 1.96. The molecule has 2 heterocycles. The van der Waals surface area contributed by atoms with Gasteiger partial charge >= 0.3 is 5.97 Å². The van der Waals surface area contributed by atoms with Crippen molar-refractivity contribution < 1.29 is 9.53 Å². The Morgan fingerprint density at radius 3 is 2.53 bits per heavy atom. The number of aromatic nitrogens is 3. The fourth-order valence-electron chi connectivity index (χ4n) is 3.37. The van der Waals surface area contributed by atoms with Crippen LogP contribution in [-0.4, -0.2) is 51.3 Å². The second-order valence-electron chi connectivity index (χ2n) is 7.21. The third-order valence-corrected chi connectivity index (χ3v) is 5.26. The lowest BCUT2D eigenvalue weighted by molar-refractivity contribution is -0.149. The van der Waals surface area contributed by atoms with Crippen LogP contribution in [0.1, 0.15) is 37.0 Å². The molecule has 1 aromatic carbocycles. The van der Waals surface area contributed by atoms with Crippen LogP contribution in [0.3, 0.4) is 0 Å². The molecule has 2 aromatic rings. The number of carbonyl (C=O) groups excluding carboxylic acids is 1. The Morgan fingerprint density at radius 2 is 1.93 bits per heavy atom. The van der Waals surface area contributed by atoms with Crippen molar-refractivity contribution in [3.8, 4) is 0 Å². The van der Waals surface area contributed by atoms with Crippen molar-refractivity contribution in [2.75, 3.05) is 19.7 Å². The van der Waals surface area contributed by atoms with Crippen molar-refractivity contribution >= 4 is 35.9 Å². The number of ether oxygens (including phenoxy) is 1. The van der Waals surface area contributed by atoms with Crippen molar-refractivity contribution in [3.05, 3.63) is 47.5 Å². The summed E-state index contributed by atoms with van der Waals surface area (Å²) in [5.41, 5.74) is 1.16. The summed E-state index contributed by atoms with van der Waals surface area (Å²) in [6.45, 7) is 6.88. The number of guanidine groups is 1. The number of nitrogens with zero attached hydrogens (tertiary/aromatic N) is 5. The predicted octanol–water partition coefficient (Wildman–Crippen LogP) is 2.66. The predicted molar refractivity (Wildman–Crippen MR) is 127 cm³/mol. The van der Waals surface area contributed by atoms with Gasteiger partial charge in [-0.05, 0) is 32.3 Å². The molecule has 0 amide bonds. The molecule has 1 aliphatic rings. The molecular formula is C21H31IN6O2. The molecule has 0 aliphatic carbocycles. The van der Waals surface area contributed by atoms with E-state index in [-0.39, 0.29) is 35.9 Å². The van der Waals surface area contributed by atoms with Crippen LogP contribution < -0.4 is 5.32 Å². The smallest absolute Gasteiger partial charge is 0.309 e. The van der Waals surface area contributed by atoms with E-state index >= 15 is 0 Å². The third kappa shape index (κ3) is 6.41. The minimum Gasteiger partial charge on any atom is -0.466 e. The minimum atomic E-state index is -0.0857. The van der Waals surface area contributed by atoms with E-state index in [1.165, 1.54) is 0 Å². The van der Waals surface area contributed by atoms with E-state index in [0.717, 1.165) is 49.1 Å². The topological polar surface area (TPSA) is 84.6 Å². The van der Waals surface area contributed by atoms with E-state index in [1.807, 2.05) is 43.7 Å². The highest BCUT2D eigenvalue weighted by molar-refractivity contribution is 14.0. The summed E-state index contributed by atoms with van der Waals surface area (Å²) in [5.74, 6) is 2.45. The van der Waals surface area contributed by atoms with Gasteiger partial charge in [-0.3, -0.25) is 4.79 Å². The van der Waals surface area contributed by atoms with Gasteiger partial charge in [0.2, 0.25) is 0 Å². The molecule has 164 valence electrons. The normalized spacial score (nSPS) is 14.9. The zero-order chi connectivity index (χ0) is 20.6. The van der Waals surface area contributed by atoms with Crippen LogP contribution in [0, 0.1) is 12.8 Å². The van der Waals surface area contributed by atoms with E-state index in [1.54, 1.807) is 0 Å². The first kappa shape index (κ1) is 24.1. The fraction of sp³-hybridized carbons (Fsp3) is 0.524. The number of rotatable bonds is 6. The van der Waals surface area contributed by atoms with Gasteiger partial charge in [0, 0.05) is 20.1 Å². The van der Waals surface area contributed by atoms with Crippen molar-refractivity contribution in [2.45, 2.75) is 39.8 Å². The highest BCUT2D eigenvalue weighted by atomic mass is 127. The van der Waals surface area contributed by atoms with Crippen LogP contribution in [0.5, 0.6) is 0 Å². The maximum atomic E-state index is 12.0. The summed E-state index contributed by atoms with van der Waals surface area (Å²) in [6, 6.07) is 10.2. The molecule has 9 heteroatoms. The Hall–Kier alpha value is -2.17. The summed E-state index contributed by atoms with van der Waals surface area (Å²) in [5, 5.41) is 11.8. The molecule has 1 aromatic heterocycles. The van der Waals surface area contributed by atoms with Crippen molar-refractivity contribution in [1.29, 1.82) is 0 Å². The van der Waals surface area contributed by atoms with E-state index in [2.05, 4.69) is 32.5 Å². The van der Waals surface area contributed by atoms with Crippen LogP contribution in [0.2, 0.25) is 0 Å². The number of hydrogen-bond acceptors (Lipinski definition) is 5. The van der Waals surface area contributed by atoms with Gasteiger partial charge in [-0.15, -0.1) is 34.2 Å². The Balaban J connectivity index is 0.00000320.